The van der Waals surface area contributed by atoms with Crippen LogP contribution in [-0.4, -0.2) is 47.9 Å². The van der Waals surface area contributed by atoms with Gasteiger partial charge < -0.3 is 20.3 Å². The van der Waals surface area contributed by atoms with Crippen LogP contribution in [0.5, 0.6) is 5.88 Å². The number of alkyl halides is 3. The molecule has 2 aromatic carbocycles. The number of aromatic amines is 1. The highest BCUT2D eigenvalue weighted by molar-refractivity contribution is 6.02. The predicted molar refractivity (Wildman–Crippen MR) is 110 cm³/mol. The van der Waals surface area contributed by atoms with Crippen LogP contribution in [0.3, 0.4) is 0 Å². The van der Waals surface area contributed by atoms with Crippen molar-refractivity contribution in [2.24, 2.45) is 4.99 Å². The summed E-state index contributed by atoms with van der Waals surface area (Å²) in [7, 11) is 3.68. The number of hydrogen-bond donors (Lipinski definition) is 3. The van der Waals surface area contributed by atoms with Gasteiger partial charge in [0.05, 0.1) is 16.8 Å². The minimum atomic E-state index is -4.57. The topological polar surface area (TPSA) is 63.6 Å². The normalized spacial score (nSPS) is 13.5. The molecule has 0 amide bonds. The number of benzene rings is 2. The standard InChI is InChI=1S/C21H22F4N4O/c1-12(11-29(2)3)27-19-7-5-14(9-17(19)21(23,24)25)26-10-16-15-8-13(22)4-6-18(15)28-20(16)30/h4-10,12,27-28,30H,11H2,1-3H3. The molecule has 30 heavy (non-hydrogen) atoms. The molecule has 1 atom stereocenters. The number of fused-ring (bicyclic) bond motifs is 1. The molecule has 0 radical (unpaired) electrons. The Labute approximate surface area is 171 Å². The van der Waals surface area contributed by atoms with E-state index in [4.69, 9.17) is 0 Å². The summed E-state index contributed by atoms with van der Waals surface area (Å²) in [5, 5.41) is 13.3. The molecule has 0 aliphatic heterocycles. The van der Waals surface area contributed by atoms with Crippen molar-refractivity contribution in [3.8, 4) is 5.88 Å². The average Bonchev–Trinajstić information content (AvgIpc) is 2.93. The molecule has 0 spiro atoms. The third-order valence-corrected chi connectivity index (χ3v) is 4.47. The number of likely N-dealkylation sites (N-methyl/N-ethyl adjacent to an activating group) is 1. The molecule has 0 saturated heterocycles. The first kappa shape index (κ1) is 21.6. The van der Waals surface area contributed by atoms with Crippen molar-refractivity contribution >= 4 is 28.5 Å². The summed E-state index contributed by atoms with van der Waals surface area (Å²) in [6.07, 6.45) is -3.36. The first-order valence-corrected chi connectivity index (χ1v) is 9.21. The molecule has 3 aromatic rings. The summed E-state index contributed by atoms with van der Waals surface area (Å²) in [5.74, 6) is -0.746. The Kier molecular flexibility index (Phi) is 6.02. The predicted octanol–water partition coefficient (Wildman–Crippen LogP) is 5.14. The fourth-order valence-corrected chi connectivity index (χ4v) is 3.27. The van der Waals surface area contributed by atoms with Crippen molar-refractivity contribution in [2.75, 3.05) is 26.0 Å². The third kappa shape index (κ3) is 4.91. The van der Waals surface area contributed by atoms with E-state index in [0.717, 1.165) is 6.07 Å². The molecule has 3 rings (SSSR count). The maximum absolute atomic E-state index is 13.6. The number of anilines is 1. The van der Waals surface area contributed by atoms with Crippen molar-refractivity contribution in [2.45, 2.75) is 19.1 Å². The Hall–Kier alpha value is -3.07. The van der Waals surface area contributed by atoms with Crippen LogP contribution in [0.25, 0.3) is 10.9 Å². The zero-order valence-electron chi connectivity index (χ0n) is 16.7. The molecule has 0 saturated carbocycles. The van der Waals surface area contributed by atoms with Crippen molar-refractivity contribution in [3.05, 3.63) is 53.3 Å². The second-order valence-electron chi connectivity index (χ2n) is 7.37. The van der Waals surface area contributed by atoms with Crippen LogP contribution in [0.2, 0.25) is 0 Å². The summed E-state index contributed by atoms with van der Waals surface area (Å²) in [6, 6.07) is 7.42. The van der Waals surface area contributed by atoms with E-state index in [1.54, 1.807) is 6.92 Å². The summed E-state index contributed by atoms with van der Waals surface area (Å²) in [6.45, 7) is 2.36. The second-order valence-corrected chi connectivity index (χ2v) is 7.37. The van der Waals surface area contributed by atoms with Crippen molar-refractivity contribution in [1.82, 2.24) is 9.88 Å². The Balaban J connectivity index is 1.94. The smallest absolute Gasteiger partial charge is 0.418 e. The van der Waals surface area contributed by atoms with Crippen LogP contribution in [0.1, 0.15) is 18.1 Å². The quantitative estimate of drug-likeness (QED) is 0.381. The monoisotopic (exact) mass is 422 g/mol. The Bertz CT molecular complexity index is 1070. The number of H-pyrrole nitrogens is 1. The number of halogens is 4. The number of aromatic nitrogens is 1. The lowest BCUT2D eigenvalue weighted by atomic mass is 10.1. The molecule has 9 heteroatoms. The highest BCUT2D eigenvalue weighted by Gasteiger charge is 2.34. The largest absolute Gasteiger partial charge is 0.494 e. The van der Waals surface area contributed by atoms with Crippen LogP contribution in [-0.2, 0) is 6.18 Å². The summed E-state index contributed by atoms with van der Waals surface area (Å²) < 4.78 is 54.3. The lowest BCUT2D eigenvalue weighted by Crippen LogP contribution is -2.30. The fraction of sp³-hybridized carbons (Fsp3) is 0.286. The highest BCUT2D eigenvalue weighted by Crippen LogP contribution is 2.37. The summed E-state index contributed by atoms with van der Waals surface area (Å²) in [5.41, 5.74) is -0.135. The van der Waals surface area contributed by atoms with Crippen molar-refractivity contribution in [3.63, 3.8) is 0 Å². The average molecular weight is 422 g/mol. The molecule has 3 N–H and O–H groups in total. The van der Waals surface area contributed by atoms with Gasteiger partial charge in [0.15, 0.2) is 5.88 Å². The van der Waals surface area contributed by atoms with Gasteiger partial charge >= 0.3 is 6.18 Å². The van der Waals surface area contributed by atoms with E-state index in [9.17, 15) is 22.7 Å². The van der Waals surface area contributed by atoms with E-state index in [-0.39, 0.29) is 28.9 Å². The first-order valence-electron chi connectivity index (χ1n) is 9.21. The Morgan fingerprint density at radius 3 is 2.60 bits per heavy atom. The summed E-state index contributed by atoms with van der Waals surface area (Å²) in [4.78, 5) is 8.62. The molecule has 5 nitrogen and oxygen atoms in total. The first-order chi connectivity index (χ1) is 14.0. The number of nitrogens with zero attached hydrogens (tertiary/aromatic N) is 2. The summed E-state index contributed by atoms with van der Waals surface area (Å²) >= 11 is 0. The van der Waals surface area contributed by atoms with E-state index in [1.807, 2.05) is 19.0 Å². The zero-order chi connectivity index (χ0) is 22.1. The third-order valence-electron chi connectivity index (χ3n) is 4.47. The number of aromatic hydroxyl groups is 1. The molecular formula is C21H22F4N4O. The molecule has 0 fully saturated rings. The van der Waals surface area contributed by atoms with Gasteiger partial charge in [0.2, 0.25) is 0 Å². The van der Waals surface area contributed by atoms with E-state index in [2.05, 4.69) is 15.3 Å². The Morgan fingerprint density at radius 2 is 1.93 bits per heavy atom. The van der Waals surface area contributed by atoms with Gasteiger partial charge in [0.1, 0.15) is 5.82 Å². The van der Waals surface area contributed by atoms with Crippen LogP contribution in [0, 0.1) is 5.82 Å². The van der Waals surface area contributed by atoms with E-state index >= 15 is 0 Å². The zero-order valence-corrected chi connectivity index (χ0v) is 16.7. The van der Waals surface area contributed by atoms with Gasteiger partial charge in [0.25, 0.3) is 0 Å². The van der Waals surface area contributed by atoms with Gasteiger partial charge in [-0.15, -0.1) is 0 Å². The van der Waals surface area contributed by atoms with Crippen LogP contribution in [0.15, 0.2) is 41.4 Å². The maximum Gasteiger partial charge on any atom is 0.418 e. The van der Waals surface area contributed by atoms with E-state index in [1.165, 1.54) is 36.5 Å². The van der Waals surface area contributed by atoms with Crippen LogP contribution in [0.4, 0.5) is 28.9 Å². The second kappa shape index (κ2) is 8.35. The highest BCUT2D eigenvalue weighted by atomic mass is 19.4. The molecule has 0 bridgehead atoms. The minimum absolute atomic E-state index is 0.0344. The lowest BCUT2D eigenvalue weighted by Gasteiger charge is -2.22. The number of nitrogens with one attached hydrogen (secondary N) is 2. The molecular weight excluding hydrogens is 400 g/mol. The number of hydrogen-bond acceptors (Lipinski definition) is 4. The van der Waals surface area contributed by atoms with Gasteiger partial charge in [-0.05, 0) is 57.4 Å². The van der Waals surface area contributed by atoms with Gasteiger partial charge in [-0.1, -0.05) is 0 Å². The van der Waals surface area contributed by atoms with Gasteiger partial charge in [-0.25, -0.2) is 4.39 Å². The number of aliphatic imine (C=N–C) groups is 1. The lowest BCUT2D eigenvalue weighted by molar-refractivity contribution is -0.136. The van der Waals surface area contributed by atoms with Gasteiger partial charge in [-0.3, -0.25) is 4.99 Å². The molecule has 0 aliphatic rings. The number of rotatable bonds is 6. The van der Waals surface area contributed by atoms with Crippen LogP contribution < -0.4 is 5.32 Å². The van der Waals surface area contributed by atoms with Gasteiger partial charge in [0, 0.05) is 35.4 Å². The molecule has 160 valence electrons. The molecule has 0 aliphatic carbocycles. The van der Waals surface area contributed by atoms with Gasteiger partial charge in [-0.2, -0.15) is 13.2 Å². The Morgan fingerprint density at radius 1 is 1.20 bits per heavy atom. The fourth-order valence-electron chi connectivity index (χ4n) is 3.27. The maximum atomic E-state index is 13.6. The SMILES string of the molecule is CC(CN(C)C)Nc1ccc(N=Cc2c(O)[nH]c3ccc(F)cc23)cc1C(F)(F)F. The van der Waals surface area contributed by atoms with Crippen molar-refractivity contribution < 1.29 is 22.7 Å². The van der Waals surface area contributed by atoms with Crippen molar-refractivity contribution in [1.29, 1.82) is 0 Å². The van der Waals surface area contributed by atoms with Crippen LogP contribution >= 0.6 is 0 Å². The molecule has 1 unspecified atom stereocenters. The molecule has 1 heterocycles. The van der Waals surface area contributed by atoms with E-state index < -0.39 is 17.6 Å². The minimum Gasteiger partial charge on any atom is -0.494 e. The molecule has 1 aromatic heterocycles. The van der Waals surface area contributed by atoms with E-state index in [0.29, 0.717) is 17.4 Å².